The third-order valence-corrected chi connectivity index (χ3v) is 4.45. The molecule has 1 saturated heterocycles. The van der Waals surface area contributed by atoms with Crippen LogP contribution in [0, 0.1) is 5.41 Å². The van der Waals surface area contributed by atoms with Crippen molar-refractivity contribution in [2.75, 3.05) is 13.1 Å². The molecule has 0 radical (unpaired) electrons. The molecule has 7 heteroatoms. The standard InChI is InChI=1S/C16H15ClN2O4/c1-16(15(21)22)6-7-19(9-16)14(20)12-8-23-18-13(12)10-2-4-11(17)5-3-10/h2-5,8H,6-7,9H2,1H3,(H,21,22). The van der Waals surface area contributed by atoms with Crippen molar-refractivity contribution in [3.8, 4) is 11.3 Å². The molecule has 1 N–H and O–H groups in total. The second-order valence-electron chi connectivity index (χ2n) is 5.93. The molecule has 1 aromatic carbocycles. The Balaban J connectivity index is 1.86. The minimum atomic E-state index is -0.909. The molecule has 1 aromatic heterocycles. The van der Waals surface area contributed by atoms with E-state index in [2.05, 4.69) is 5.16 Å². The number of carbonyl (C=O) groups excluding carboxylic acids is 1. The van der Waals surface area contributed by atoms with Gasteiger partial charge in [-0.25, -0.2) is 0 Å². The average molecular weight is 335 g/mol. The Kier molecular flexibility index (Phi) is 3.85. The number of benzene rings is 1. The van der Waals surface area contributed by atoms with Crippen molar-refractivity contribution in [1.29, 1.82) is 0 Å². The van der Waals surface area contributed by atoms with Crippen molar-refractivity contribution < 1.29 is 19.2 Å². The van der Waals surface area contributed by atoms with Crippen LogP contribution in [0.4, 0.5) is 0 Å². The van der Waals surface area contributed by atoms with Crippen molar-refractivity contribution in [1.82, 2.24) is 10.1 Å². The van der Waals surface area contributed by atoms with Crippen molar-refractivity contribution >= 4 is 23.5 Å². The molecule has 1 unspecified atom stereocenters. The van der Waals surface area contributed by atoms with Crippen LogP contribution in [-0.2, 0) is 4.79 Å². The maximum atomic E-state index is 12.7. The molecule has 23 heavy (non-hydrogen) atoms. The number of nitrogens with zero attached hydrogens (tertiary/aromatic N) is 2. The summed E-state index contributed by atoms with van der Waals surface area (Å²) in [6, 6.07) is 6.92. The predicted molar refractivity (Wildman–Crippen MR) is 83.2 cm³/mol. The zero-order valence-electron chi connectivity index (χ0n) is 12.5. The number of hydrogen-bond donors (Lipinski definition) is 1. The summed E-state index contributed by atoms with van der Waals surface area (Å²) in [7, 11) is 0. The Hall–Kier alpha value is -2.34. The van der Waals surface area contributed by atoms with Gasteiger partial charge in [0.2, 0.25) is 0 Å². The van der Waals surface area contributed by atoms with Crippen LogP contribution in [0.25, 0.3) is 11.3 Å². The number of hydrogen-bond acceptors (Lipinski definition) is 4. The maximum absolute atomic E-state index is 12.7. The van der Waals surface area contributed by atoms with Crippen molar-refractivity contribution in [3.63, 3.8) is 0 Å². The number of carbonyl (C=O) groups is 2. The summed E-state index contributed by atoms with van der Waals surface area (Å²) >= 11 is 5.87. The van der Waals surface area contributed by atoms with Gasteiger partial charge in [-0.05, 0) is 25.5 Å². The van der Waals surface area contributed by atoms with Crippen LogP contribution in [0.1, 0.15) is 23.7 Å². The van der Waals surface area contributed by atoms with Crippen LogP contribution < -0.4 is 0 Å². The Morgan fingerprint density at radius 1 is 1.35 bits per heavy atom. The maximum Gasteiger partial charge on any atom is 0.311 e. The van der Waals surface area contributed by atoms with Gasteiger partial charge in [-0.2, -0.15) is 0 Å². The molecule has 1 fully saturated rings. The van der Waals surface area contributed by atoms with Gasteiger partial charge in [0, 0.05) is 23.7 Å². The molecule has 0 saturated carbocycles. The minimum Gasteiger partial charge on any atom is -0.481 e. The van der Waals surface area contributed by atoms with Crippen LogP contribution in [0.5, 0.6) is 0 Å². The van der Waals surface area contributed by atoms with E-state index in [1.165, 1.54) is 11.2 Å². The van der Waals surface area contributed by atoms with E-state index in [0.717, 1.165) is 0 Å². The molecule has 1 aliphatic heterocycles. The van der Waals surface area contributed by atoms with Gasteiger partial charge in [0.05, 0.1) is 5.41 Å². The Morgan fingerprint density at radius 3 is 2.65 bits per heavy atom. The smallest absolute Gasteiger partial charge is 0.311 e. The van der Waals surface area contributed by atoms with Crippen LogP contribution in [0.3, 0.4) is 0 Å². The molecule has 0 bridgehead atoms. The van der Waals surface area contributed by atoms with Gasteiger partial charge in [0.15, 0.2) is 0 Å². The highest BCUT2D eigenvalue weighted by Gasteiger charge is 2.42. The van der Waals surface area contributed by atoms with E-state index in [1.54, 1.807) is 31.2 Å². The quantitative estimate of drug-likeness (QED) is 0.933. The van der Waals surface area contributed by atoms with E-state index in [1.807, 2.05) is 0 Å². The van der Waals surface area contributed by atoms with Gasteiger partial charge in [-0.15, -0.1) is 0 Å². The minimum absolute atomic E-state index is 0.173. The van der Waals surface area contributed by atoms with Crippen molar-refractivity contribution in [3.05, 3.63) is 41.1 Å². The van der Waals surface area contributed by atoms with Gasteiger partial charge in [-0.3, -0.25) is 9.59 Å². The number of aliphatic carboxylic acids is 1. The van der Waals surface area contributed by atoms with Gasteiger partial charge in [-0.1, -0.05) is 28.9 Å². The van der Waals surface area contributed by atoms with Gasteiger partial charge < -0.3 is 14.5 Å². The summed E-state index contributed by atoms with van der Waals surface area (Å²) in [5, 5.41) is 13.8. The van der Waals surface area contributed by atoms with Crippen molar-refractivity contribution in [2.24, 2.45) is 5.41 Å². The second kappa shape index (κ2) is 5.70. The molecular formula is C16H15ClN2O4. The largest absolute Gasteiger partial charge is 0.481 e. The first-order valence-electron chi connectivity index (χ1n) is 7.14. The Bertz CT molecular complexity index is 756. The molecule has 1 aliphatic rings. The van der Waals surface area contributed by atoms with E-state index in [-0.39, 0.29) is 12.5 Å². The summed E-state index contributed by atoms with van der Waals surface area (Å²) in [6.07, 6.45) is 1.72. The number of aromatic nitrogens is 1. The number of amides is 1. The monoisotopic (exact) mass is 334 g/mol. The van der Waals surface area contributed by atoms with Gasteiger partial charge in [0.1, 0.15) is 17.5 Å². The SMILES string of the molecule is CC1(C(=O)O)CCN(C(=O)c2conc2-c2ccc(Cl)cc2)C1. The highest BCUT2D eigenvalue weighted by atomic mass is 35.5. The predicted octanol–water partition coefficient (Wildman–Crippen LogP) is 2.93. The number of likely N-dealkylation sites (tertiary alicyclic amines) is 1. The zero-order chi connectivity index (χ0) is 16.6. The van der Waals surface area contributed by atoms with E-state index < -0.39 is 11.4 Å². The molecule has 2 heterocycles. The lowest BCUT2D eigenvalue weighted by Gasteiger charge is -2.19. The van der Waals surface area contributed by atoms with E-state index in [4.69, 9.17) is 16.1 Å². The van der Waals surface area contributed by atoms with Crippen molar-refractivity contribution in [2.45, 2.75) is 13.3 Å². The molecule has 120 valence electrons. The number of rotatable bonds is 3. The lowest BCUT2D eigenvalue weighted by molar-refractivity contribution is -0.147. The Labute approximate surface area is 137 Å². The van der Waals surface area contributed by atoms with Crippen LogP contribution >= 0.6 is 11.6 Å². The van der Waals surface area contributed by atoms with Gasteiger partial charge >= 0.3 is 5.97 Å². The molecule has 6 nitrogen and oxygen atoms in total. The molecule has 0 spiro atoms. The second-order valence-corrected chi connectivity index (χ2v) is 6.36. The normalized spacial score (nSPS) is 20.7. The lowest BCUT2D eigenvalue weighted by Crippen LogP contribution is -2.34. The van der Waals surface area contributed by atoms with E-state index in [9.17, 15) is 14.7 Å². The van der Waals surface area contributed by atoms with Crippen LogP contribution in [0.2, 0.25) is 5.02 Å². The number of carboxylic acid groups (broad SMARTS) is 1. The lowest BCUT2D eigenvalue weighted by atomic mass is 9.90. The van der Waals surface area contributed by atoms with E-state index >= 15 is 0 Å². The zero-order valence-corrected chi connectivity index (χ0v) is 13.2. The summed E-state index contributed by atoms with van der Waals surface area (Å²) < 4.78 is 4.96. The first kappa shape index (κ1) is 15.6. The third kappa shape index (κ3) is 2.82. The van der Waals surface area contributed by atoms with Gasteiger partial charge in [0.25, 0.3) is 5.91 Å². The highest BCUT2D eigenvalue weighted by Crippen LogP contribution is 2.32. The molecular weight excluding hydrogens is 320 g/mol. The molecule has 1 atom stereocenters. The summed E-state index contributed by atoms with van der Waals surface area (Å²) in [5.41, 5.74) is 0.553. The fraction of sp³-hybridized carbons (Fsp3) is 0.312. The van der Waals surface area contributed by atoms with Crippen LogP contribution in [0.15, 0.2) is 35.1 Å². The number of carboxylic acids is 1. The number of halogens is 1. The molecule has 0 aliphatic carbocycles. The molecule has 3 rings (SSSR count). The first-order chi connectivity index (χ1) is 10.9. The summed E-state index contributed by atoms with van der Waals surface area (Å²) in [6.45, 7) is 2.22. The van der Waals surface area contributed by atoms with E-state index in [0.29, 0.717) is 34.8 Å². The summed E-state index contributed by atoms with van der Waals surface area (Å²) in [4.78, 5) is 25.5. The highest BCUT2D eigenvalue weighted by molar-refractivity contribution is 6.30. The summed E-state index contributed by atoms with van der Waals surface area (Å²) in [5.74, 6) is -1.17. The Morgan fingerprint density at radius 2 is 2.04 bits per heavy atom. The molecule has 1 amide bonds. The third-order valence-electron chi connectivity index (χ3n) is 4.19. The topological polar surface area (TPSA) is 83.6 Å². The fourth-order valence-corrected chi connectivity index (χ4v) is 2.81. The average Bonchev–Trinajstić information content (AvgIpc) is 3.15. The van der Waals surface area contributed by atoms with Crippen LogP contribution in [-0.4, -0.2) is 40.1 Å². The molecule has 2 aromatic rings. The first-order valence-corrected chi connectivity index (χ1v) is 7.51. The fourth-order valence-electron chi connectivity index (χ4n) is 2.68.